The average Bonchev–Trinajstić information content (AvgIpc) is 2.45. The summed E-state index contributed by atoms with van der Waals surface area (Å²) in [4.78, 5) is 8.17. The van der Waals surface area contributed by atoms with Gasteiger partial charge < -0.3 is 4.57 Å². The normalized spacial score (nSPS) is 12.2. The predicted octanol–water partition coefficient (Wildman–Crippen LogP) is 2.19. The van der Waals surface area contributed by atoms with Gasteiger partial charge >= 0.3 is 0 Å². The Kier molecular flexibility index (Phi) is 1.62. The lowest BCUT2D eigenvalue weighted by molar-refractivity contribution is 0.399. The van der Waals surface area contributed by atoms with Crippen molar-refractivity contribution in [1.29, 1.82) is 0 Å². The van der Waals surface area contributed by atoms with Crippen LogP contribution in [0.4, 0.5) is 0 Å². The maximum atomic E-state index is 4.18. The first-order valence-corrected chi connectivity index (χ1v) is 4.35. The van der Waals surface area contributed by atoms with Gasteiger partial charge in [0.25, 0.3) is 0 Å². The SMILES string of the molecule is CC(C)(C)n1cc2cncnc2c1. The lowest BCUT2D eigenvalue weighted by Crippen LogP contribution is -2.19. The first-order valence-electron chi connectivity index (χ1n) is 4.35. The summed E-state index contributed by atoms with van der Waals surface area (Å²) in [5.74, 6) is 0. The summed E-state index contributed by atoms with van der Waals surface area (Å²) in [6.07, 6.45) is 7.55. The van der Waals surface area contributed by atoms with Crippen molar-refractivity contribution in [2.45, 2.75) is 26.3 Å². The molecule has 0 atom stereocenters. The Balaban J connectivity index is 2.63. The summed E-state index contributed by atoms with van der Waals surface area (Å²) in [6, 6.07) is 0. The Morgan fingerprint density at radius 1 is 1.23 bits per heavy atom. The minimum absolute atomic E-state index is 0.112. The summed E-state index contributed by atoms with van der Waals surface area (Å²) in [5, 5.41) is 1.09. The second-order valence-electron chi connectivity index (χ2n) is 4.20. The van der Waals surface area contributed by atoms with E-state index in [2.05, 4.69) is 47.7 Å². The molecule has 0 amide bonds. The molecule has 0 radical (unpaired) electrons. The zero-order chi connectivity index (χ0) is 9.47. The molecular formula is C10H13N3. The van der Waals surface area contributed by atoms with Crippen LogP contribution in [-0.2, 0) is 5.54 Å². The number of fused-ring (bicyclic) bond motifs is 1. The number of aromatic nitrogens is 3. The zero-order valence-electron chi connectivity index (χ0n) is 8.15. The first kappa shape index (κ1) is 8.23. The van der Waals surface area contributed by atoms with Crippen LogP contribution in [0.2, 0.25) is 0 Å². The maximum Gasteiger partial charge on any atom is 0.116 e. The van der Waals surface area contributed by atoms with Gasteiger partial charge in [0.1, 0.15) is 6.33 Å². The van der Waals surface area contributed by atoms with Gasteiger partial charge in [0.2, 0.25) is 0 Å². The van der Waals surface area contributed by atoms with Crippen molar-refractivity contribution in [2.24, 2.45) is 0 Å². The smallest absolute Gasteiger partial charge is 0.116 e. The number of rotatable bonds is 0. The van der Waals surface area contributed by atoms with Gasteiger partial charge in [-0.2, -0.15) is 0 Å². The van der Waals surface area contributed by atoms with Gasteiger partial charge in [-0.25, -0.2) is 9.97 Å². The first-order chi connectivity index (χ1) is 6.07. The number of nitrogens with zero attached hydrogens (tertiary/aromatic N) is 3. The third-order valence-corrected chi connectivity index (χ3v) is 2.09. The van der Waals surface area contributed by atoms with Gasteiger partial charge in [0.05, 0.1) is 5.52 Å². The average molecular weight is 175 g/mol. The van der Waals surface area contributed by atoms with Gasteiger partial charge in [-0.1, -0.05) is 0 Å². The van der Waals surface area contributed by atoms with Crippen LogP contribution in [0.1, 0.15) is 20.8 Å². The third-order valence-electron chi connectivity index (χ3n) is 2.09. The highest BCUT2D eigenvalue weighted by atomic mass is 15.0. The van der Waals surface area contributed by atoms with Gasteiger partial charge in [0.15, 0.2) is 0 Å². The highest BCUT2D eigenvalue weighted by Gasteiger charge is 2.12. The molecule has 0 aliphatic rings. The van der Waals surface area contributed by atoms with E-state index in [9.17, 15) is 0 Å². The molecule has 2 rings (SSSR count). The Hall–Kier alpha value is -1.38. The molecule has 68 valence electrons. The zero-order valence-corrected chi connectivity index (χ0v) is 8.15. The second kappa shape index (κ2) is 2.55. The topological polar surface area (TPSA) is 30.7 Å². The Labute approximate surface area is 77.4 Å². The van der Waals surface area contributed by atoms with Crippen LogP contribution in [0.5, 0.6) is 0 Å². The fourth-order valence-electron chi connectivity index (χ4n) is 1.26. The number of hydrogen-bond acceptors (Lipinski definition) is 2. The molecule has 0 bridgehead atoms. The van der Waals surface area contributed by atoms with Crippen LogP contribution in [0.25, 0.3) is 10.9 Å². The van der Waals surface area contributed by atoms with E-state index in [1.54, 1.807) is 6.33 Å². The summed E-state index contributed by atoms with van der Waals surface area (Å²) in [5.41, 5.74) is 1.12. The van der Waals surface area contributed by atoms with Crippen LogP contribution < -0.4 is 0 Å². The van der Waals surface area contributed by atoms with E-state index in [1.807, 2.05) is 6.20 Å². The van der Waals surface area contributed by atoms with Crippen molar-refractivity contribution >= 4 is 10.9 Å². The Bertz CT molecular complexity index is 390. The minimum Gasteiger partial charge on any atom is -0.346 e. The molecule has 0 spiro atoms. The summed E-state index contributed by atoms with van der Waals surface area (Å²) in [7, 11) is 0. The standard InChI is InChI=1S/C10H13N3/c1-10(2,3)13-5-8-4-11-7-12-9(8)6-13/h4-7H,1-3H3. The van der Waals surface area contributed by atoms with Crippen molar-refractivity contribution in [3.63, 3.8) is 0 Å². The highest BCUT2D eigenvalue weighted by molar-refractivity contribution is 5.76. The van der Waals surface area contributed by atoms with Crippen LogP contribution in [0, 0.1) is 0 Å². The van der Waals surface area contributed by atoms with Crippen LogP contribution in [0.3, 0.4) is 0 Å². The van der Waals surface area contributed by atoms with E-state index < -0.39 is 0 Å². The molecule has 0 aliphatic carbocycles. The molecule has 3 heteroatoms. The maximum absolute atomic E-state index is 4.18. The fraction of sp³-hybridized carbons (Fsp3) is 0.400. The summed E-state index contributed by atoms with van der Waals surface area (Å²) < 4.78 is 2.16. The van der Waals surface area contributed by atoms with Crippen molar-refractivity contribution < 1.29 is 0 Å². The van der Waals surface area contributed by atoms with Crippen molar-refractivity contribution in [3.8, 4) is 0 Å². The molecule has 0 aliphatic heterocycles. The molecule has 0 aromatic carbocycles. The van der Waals surface area contributed by atoms with Gasteiger partial charge in [-0.15, -0.1) is 0 Å². The van der Waals surface area contributed by atoms with E-state index in [0.717, 1.165) is 10.9 Å². The van der Waals surface area contributed by atoms with Crippen molar-refractivity contribution in [3.05, 3.63) is 24.9 Å². The minimum atomic E-state index is 0.112. The molecule has 0 N–H and O–H groups in total. The molecule has 2 aromatic heterocycles. The Morgan fingerprint density at radius 2 is 2.00 bits per heavy atom. The van der Waals surface area contributed by atoms with Gasteiger partial charge in [-0.05, 0) is 20.8 Å². The van der Waals surface area contributed by atoms with Crippen LogP contribution in [0.15, 0.2) is 24.9 Å². The van der Waals surface area contributed by atoms with Crippen LogP contribution >= 0.6 is 0 Å². The van der Waals surface area contributed by atoms with E-state index in [-0.39, 0.29) is 5.54 Å². The van der Waals surface area contributed by atoms with Gasteiger partial charge in [0, 0.05) is 29.5 Å². The third kappa shape index (κ3) is 1.41. The molecule has 2 aromatic rings. The molecular weight excluding hydrogens is 162 g/mol. The van der Waals surface area contributed by atoms with Crippen molar-refractivity contribution in [1.82, 2.24) is 14.5 Å². The molecule has 3 nitrogen and oxygen atoms in total. The quantitative estimate of drug-likeness (QED) is 0.614. The molecule has 0 saturated heterocycles. The molecule has 0 fully saturated rings. The Morgan fingerprint density at radius 3 is 2.62 bits per heavy atom. The summed E-state index contributed by atoms with van der Waals surface area (Å²) in [6.45, 7) is 6.50. The predicted molar refractivity (Wildman–Crippen MR) is 52.5 cm³/mol. The number of hydrogen-bond donors (Lipinski definition) is 0. The van der Waals surface area contributed by atoms with Gasteiger partial charge in [-0.3, -0.25) is 0 Å². The molecule has 2 heterocycles. The monoisotopic (exact) mass is 175 g/mol. The van der Waals surface area contributed by atoms with E-state index in [1.165, 1.54) is 0 Å². The van der Waals surface area contributed by atoms with Crippen LogP contribution in [-0.4, -0.2) is 14.5 Å². The van der Waals surface area contributed by atoms with E-state index in [4.69, 9.17) is 0 Å². The summed E-state index contributed by atoms with van der Waals surface area (Å²) >= 11 is 0. The molecule has 0 unspecified atom stereocenters. The van der Waals surface area contributed by atoms with E-state index >= 15 is 0 Å². The molecule has 0 saturated carbocycles. The van der Waals surface area contributed by atoms with Crippen molar-refractivity contribution in [2.75, 3.05) is 0 Å². The second-order valence-corrected chi connectivity index (χ2v) is 4.20. The largest absolute Gasteiger partial charge is 0.346 e. The lowest BCUT2D eigenvalue weighted by atomic mass is 10.1. The molecule has 13 heavy (non-hydrogen) atoms. The fourth-order valence-corrected chi connectivity index (χ4v) is 1.26. The highest BCUT2D eigenvalue weighted by Crippen LogP contribution is 2.19. The lowest BCUT2D eigenvalue weighted by Gasteiger charge is -2.20. The van der Waals surface area contributed by atoms with E-state index in [0.29, 0.717) is 0 Å².